The van der Waals surface area contributed by atoms with E-state index in [1.807, 2.05) is 60.7 Å². The van der Waals surface area contributed by atoms with E-state index in [4.69, 9.17) is 14.5 Å². The maximum Gasteiger partial charge on any atom is 0.317 e. The number of carbonyl (C=O) groups excluding carboxylic acids is 1. The van der Waals surface area contributed by atoms with E-state index in [1.54, 1.807) is 11.5 Å². The van der Waals surface area contributed by atoms with Gasteiger partial charge in [-0.15, -0.1) is 0 Å². The summed E-state index contributed by atoms with van der Waals surface area (Å²) in [6.45, 7) is 1.77. The molecule has 6 nitrogen and oxygen atoms in total. The second-order valence-corrected chi connectivity index (χ2v) is 8.24. The van der Waals surface area contributed by atoms with Crippen LogP contribution in [0, 0.1) is 5.92 Å². The first-order chi connectivity index (χ1) is 14.0. The SMILES string of the molecule is COC(=O)[C@H]1[C@H]2c3ccccc3O[C@]1(C)N=c1s/c(=C\c3ccccc3)c(=O)n12. The number of thiazole rings is 1. The highest BCUT2D eigenvalue weighted by Crippen LogP contribution is 2.47. The van der Waals surface area contributed by atoms with Gasteiger partial charge < -0.3 is 9.47 Å². The van der Waals surface area contributed by atoms with Gasteiger partial charge in [0.05, 0.1) is 17.7 Å². The first-order valence-electron chi connectivity index (χ1n) is 9.25. The zero-order chi connectivity index (χ0) is 20.2. The van der Waals surface area contributed by atoms with Crippen molar-refractivity contribution < 1.29 is 14.3 Å². The van der Waals surface area contributed by atoms with Crippen LogP contribution in [0.4, 0.5) is 0 Å². The first kappa shape index (κ1) is 17.9. The summed E-state index contributed by atoms with van der Waals surface area (Å²) in [4.78, 5) is 31.4. The van der Waals surface area contributed by atoms with Crippen LogP contribution in [0.25, 0.3) is 6.08 Å². The fourth-order valence-electron chi connectivity index (χ4n) is 4.13. The van der Waals surface area contributed by atoms with E-state index in [9.17, 15) is 9.59 Å². The van der Waals surface area contributed by atoms with Crippen molar-refractivity contribution in [3.05, 3.63) is 85.4 Å². The Morgan fingerprint density at radius 2 is 1.93 bits per heavy atom. The molecule has 146 valence electrons. The molecule has 0 amide bonds. The summed E-state index contributed by atoms with van der Waals surface area (Å²) in [6, 6.07) is 16.6. The molecule has 1 aromatic heterocycles. The molecule has 0 spiro atoms. The molecule has 0 radical (unpaired) electrons. The average Bonchev–Trinajstić information content (AvgIpc) is 3.01. The van der Waals surface area contributed by atoms with Gasteiger partial charge in [-0.25, -0.2) is 4.99 Å². The number of fused-ring (bicyclic) bond motifs is 6. The van der Waals surface area contributed by atoms with Crippen molar-refractivity contribution in [1.82, 2.24) is 4.57 Å². The van der Waals surface area contributed by atoms with E-state index in [0.29, 0.717) is 15.1 Å². The third-order valence-corrected chi connectivity index (χ3v) is 6.42. The van der Waals surface area contributed by atoms with Crippen molar-refractivity contribution in [3.8, 4) is 5.75 Å². The molecule has 3 atom stereocenters. The van der Waals surface area contributed by atoms with Crippen molar-refractivity contribution in [3.63, 3.8) is 0 Å². The largest absolute Gasteiger partial charge is 0.469 e. The Hall–Kier alpha value is -3.19. The van der Waals surface area contributed by atoms with Crippen LogP contribution >= 0.6 is 11.3 Å². The lowest BCUT2D eigenvalue weighted by molar-refractivity contribution is -0.158. The molecule has 3 heterocycles. The highest BCUT2D eigenvalue weighted by atomic mass is 32.1. The molecule has 29 heavy (non-hydrogen) atoms. The standard InChI is InChI=1S/C22H18N2O4S/c1-22-17(20(26)27-2)18(14-10-6-7-11-15(14)28-22)24-19(25)16(29-21(24)23-22)12-13-8-4-3-5-9-13/h3-12,17-18H,1-2H3/b16-12-/t17-,18-,22+/m1/s1. The molecule has 0 aliphatic carbocycles. The van der Waals surface area contributed by atoms with Crippen LogP contribution in [0.2, 0.25) is 0 Å². The highest BCUT2D eigenvalue weighted by Gasteiger charge is 2.55. The van der Waals surface area contributed by atoms with Gasteiger partial charge in [0.1, 0.15) is 11.7 Å². The molecule has 7 heteroatoms. The van der Waals surface area contributed by atoms with Gasteiger partial charge in [0.2, 0.25) is 5.72 Å². The fraction of sp³-hybridized carbons (Fsp3) is 0.227. The van der Waals surface area contributed by atoms with Crippen molar-refractivity contribution in [2.75, 3.05) is 7.11 Å². The summed E-state index contributed by atoms with van der Waals surface area (Å²) in [5, 5.41) is 0. The molecule has 0 N–H and O–H groups in total. The second kappa shape index (κ2) is 6.42. The van der Waals surface area contributed by atoms with Crippen LogP contribution in [0.1, 0.15) is 24.1 Å². The minimum absolute atomic E-state index is 0.171. The number of hydrogen-bond donors (Lipinski definition) is 0. The predicted octanol–water partition coefficient (Wildman–Crippen LogP) is 1.86. The number of aromatic nitrogens is 1. The van der Waals surface area contributed by atoms with Gasteiger partial charge in [0.25, 0.3) is 5.56 Å². The monoisotopic (exact) mass is 406 g/mol. The third-order valence-electron chi connectivity index (χ3n) is 5.43. The summed E-state index contributed by atoms with van der Waals surface area (Å²) in [6.07, 6.45) is 1.85. The molecule has 0 unspecified atom stereocenters. The number of rotatable bonds is 2. The van der Waals surface area contributed by atoms with E-state index < -0.39 is 23.7 Å². The molecular weight excluding hydrogens is 388 g/mol. The van der Waals surface area contributed by atoms with E-state index in [0.717, 1.165) is 11.1 Å². The van der Waals surface area contributed by atoms with Crippen LogP contribution in [0.5, 0.6) is 5.75 Å². The fourth-order valence-corrected chi connectivity index (χ4v) is 5.23. The normalized spacial score (nSPS) is 24.7. The molecule has 2 aliphatic rings. The maximum absolute atomic E-state index is 13.4. The van der Waals surface area contributed by atoms with Crippen molar-refractivity contribution in [1.29, 1.82) is 0 Å². The molecule has 0 fully saturated rings. The van der Waals surface area contributed by atoms with Crippen LogP contribution in [-0.4, -0.2) is 23.4 Å². The quantitative estimate of drug-likeness (QED) is 0.609. The molecule has 3 aromatic rings. The van der Waals surface area contributed by atoms with Crippen LogP contribution < -0.4 is 19.6 Å². The number of hydrogen-bond acceptors (Lipinski definition) is 6. The van der Waals surface area contributed by atoms with Gasteiger partial charge in [-0.05, 0) is 24.6 Å². The lowest BCUT2D eigenvalue weighted by Gasteiger charge is -2.44. The highest BCUT2D eigenvalue weighted by molar-refractivity contribution is 7.07. The van der Waals surface area contributed by atoms with Crippen LogP contribution in [0.3, 0.4) is 0 Å². The minimum atomic E-state index is -1.15. The van der Waals surface area contributed by atoms with E-state index >= 15 is 0 Å². The van der Waals surface area contributed by atoms with E-state index in [2.05, 4.69) is 0 Å². The Morgan fingerprint density at radius 3 is 2.69 bits per heavy atom. The minimum Gasteiger partial charge on any atom is -0.469 e. The molecule has 0 saturated heterocycles. The van der Waals surface area contributed by atoms with Gasteiger partial charge in [-0.3, -0.25) is 14.2 Å². The molecule has 0 saturated carbocycles. The van der Waals surface area contributed by atoms with E-state index in [1.165, 1.54) is 18.4 Å². The molecule has 2 bridgehead atoms. The summed E-state index contributed by atoms with van der Waals surface area (Å²) < 4.78 is 13.4. The third kappa shape index (κ3) is 2.65. The van der Waals surface area contributed by atoms with Gasteiger partial charge in [-0.1, -0.05) is 59.9 Å². The Bertz CT molecular complexity index is 1290. The first-order valence-corrected chi connectivity index (χ1v) is 10.1. The van der Waals surface area contributed by atoms with E-state index in [-0.39, 0.29) is 5.56 Å². The van der Waals surface area contributed by atoms with Crippen LogP contribution in [0.15, 0.2) is 64.4 Å². The maximum atomic E-state index is 13.4. The summed E-state index contributed by atoms with van der Waals surface area (Å²) in [5.41, 5.74) is 0.394. The molecule has 5 rings (SSSR count). The number of methoxy groups -OCH3 is 1. The summed E-state index contributed by atoms with van der Waals surface area (Å²) in [7, 11) is 1.34. The smallest absolute Gasteiger partial charge is 0.317 e. The second-order valence-electron chi connectivity index (χ2n) is 7.23. The molecule has 2 aliphatic heterocycles. The number of carbonyl (C=O) groups is 1. The van der Waals surface area contributed by atoms with Crippen molar-refractivity contribution in [2.24, 2.45) is 10.9 Å². The Morgan fingerprint density at radius 1 is 1.21 bits per heavy atom. The number of nitrogens with zero attached hydrogens (tertiary/aromatic N) is 2. The Labute approximate surface area is 170 Å². The van der Waals surface area contributed by atoms with Gasteiger partial charge >= 0.3 is 5.97 Å². The number of benzene rings is 2. The predicted molar refractivity (Wildman–Crippen MR) is 108 cm³/mol. The topological polar surface area (TPSA) is 69.9 Å². The lowest BCUT2D eigenvalue weighted by atomic mass is 9.81. The average molecular weight is 406 g/mol. The van der Waals surface area contributed by atoms with Crippen molar-refractivity contribution in [2.45, 2.75) is 18.7 Å². The molecule has 2 aromatic carbocycles. The van der Waals surface area contributed by atoms with Crippen LogP contribution in [-0.2, 0) is 9.53 Å². The Kier molecular flexibility index (Phi) is 3.96. The summed E-state index contributed by atoms with van der Waals surface area (Å²) >= 11 is 1.30. The van der Waals surface area contributed by atoms with Gasteiger partial charge in [0.15, 0.2) is 4.80 Å². The zero-order valence-corrected chi connectivity index (χ0v) is 16.7. The van der Waals surface area contributed by atoms with Gasteiger partial charge in [-0.2, -0.15) is 0 Å². The number of para-hydroxylation sites is 1. The number of ether oxygens (including phenoxy) is 2. The Balaban J connectivity index is 1.81. The van der Waals surface area contributed by atoms with Crippen molar-refractivity contribution >= 4 is 23.4 Å². The lowest BCUT2D eigenvalue weighted by Crippen LogP contribution is -2.58. The summed E-state index contributed by atoms with van der Waals surface area (Å²) in [5.74, 6) is -0.582. The molecular formula is C22H18N2O4S. The van der Waals surface area contributed by atoms with Gasteiger partial charge in [0, 0.05) is 5.56 Å². The zero-order valence-electron chi connectivity index (χ0n) is 15.9. The number of esters is 1.